The average Bonchev–Trinajstić information content (AvgIpc) is 2.46. The molecule has 7 heteroatoms. The van der Waals surface area contributed by atoms with Crippen LogP contribution in [0.3, 0.4) is 0 Å². The molecule has 0 aromatic carbocycles. The third-order valence-corrected chi connectivity index (χ3v) is 2.19. The second-order valence-corrected chi connectivity index (χ2v) is 3.58. The van der Waals surface area contributed by atoms with Gasteiger partial charge in [0.1, 0.15) is 18.2 Å². The molecule has 0 saturated carbocycles. The first kappa shape index (κ1) is 13.2. The second kappa shape index (κ2) is 6.62. The van der Waals surface area contributed by atoms with Crippen molar-refractivity contribution in [3.8, 4) is 11.6 Å². The number of aromatic nitrogens is 3. The van der Waals surface area contributed by atoms with Crippen molar-refractivity contribution < 1.29 is 9.47 Å². The van der Waals surface area contributed by atoms with E-state index in [1.165, 1.54) is 0 Å². The first-order chi connectivity index (χ1) is 9.31. The van der Waals surface area contributed by atoms with E-state index in [2.05, 4.69) is 20.4 Å². The number of hydrogen-bond donors (Lipinski definition) is 2. The predicted octanol–water partition coefficient (Wildman–Crippen LogP) is 1.49. The summed E-state index contributed by atoms with van der Waals surface area (Å²) < 4.78 is 10.8. The molecule has 0 unspecified atom stereocenters. The molecule has 0 fully saturated rings. The molecule has 2 heterocycles. The van der Waals surface area contributed by atoms with Gasteiger partial charge in [0.05, 0.1) is 6.20 Å². The fourth-order valence-electron chi connectivity index (χ4n) is 1.39. The minimum Gasteiger partial charge on any atom is -0.437 e. The summed E-state index contributed by atoms with van der Waals surface area (Å²) in [6.07, 6.45) is 3.26. The molecular formula is C12H15N5O2. The van der Waals surface area contributed by atoms with E-state index >= 15 is 0 Å². The Morgan fingerprint density at radius 2 is 2.26 bits per heavy atom. The maximum absolute atomic E-state index is 5.58. The van der Waals surface area contributed by atoms with Crippen LogP contribution in [-0.4, -0.2) is 21.6 Å². The van der Waals surface area contributed by atoms with Gasteiger partial charge in [-0.1, -0.05) is 0 Å². The maximum atomic E-state index is 5.58. The molecule has 0 aliphatic heterocycles. The number of rotatable bonds is 6. The van der Waals surface area contributed by atoms with E-state index < -0.39 is 0 Å². The fraction of sp³-hybridized carbons (Fsp3) is 0.250. The Kier molecular flexibility index (Phi) is 4.60. The number of hydrazine groups is 1. The highest BCUT2D eigenvalue weighted by Crippen LogP contribution is 2.20. The van der Waals surface area contributed by atoms with Crippen molar-refractivity contribution >= 4 is 5.82 Å². The van der Waals surface area contributed by atoms with E-state index in [0.29, 0.717) is 36.5 Å². The van der Waals surface area contributed by atoms with Crippen LogP contribution >= 0.6 is 0 Å². The number of nitrogen functional groups attached to an aromatic ring is 1. The highest BCUT2D eigenvalue weighted by molar-refractivity contribution is 5.38. The summed E-state index contributed by atoms with van der Waals surface area (Å²) in [6.45, 7) is 2.79. The smallest absolute Gasteiger partial charge is 0.224 e. The molecule has 0 aliphatic carbocycles. The molecule has 7 nitrogen and oxygen atoms in total. The molecule has 3 N–H and O–H groups in total. The van der Waals surface area contributed by atoms with Gasteiger partial charge in [0, 0.05) is 18.9 Å². The van der Waals surface area contributed by atoms with Crippen molar-refractivity contribution in [2.45, 2.75) is 13.5 Å². The van der Waals surface area contributed by atoms with E-state index in [4.69, 9.17) is 15.3 Å². The molecule has 0 atom stereocenters. The first-order valence-electron chi connectivity index (χ1n) is 5.82. The van der Waals surface area contributed by atoms with Gasteiger partial charge >= 0.3 is 0 Å². The molecule has 0 aliphatic rings. The van der Waals surface area contributed by atoms with Crippen LogP contribution in [0, 0.1) is 0 Å². The second-order valence-electron chi connectivity index (χ2n) is 3.58. The Labute approximate surface area is 110 Å². The van der Waals surface area contributed by atoms with Crippen molar-refractivity contribution in [3.05, 3.63) is 36.4 Å². The third kappa shape index (κ3) is 3.87. The van der Waals surface area contributed by atoms with Crippen LogP contribution in [0.25, 0.3) is 0 Å². The zero-order chi connectivity index (χ0) is 13.5. The Morgan fingerprint density at radius 3 is 2.95 bits per heavy atom. The van der Waals surface area contributed by atoms with Crippen LogP contribution in [0.5, 0.6) is 11.6 Å². The lowest BCUT2D eigenvalue weighted by Gasteiger charge is -2.08. The molecular weight excluding hydrogens is 246 g/mol. The number of ether oxygens (including phenoxy) is 2. The Bertz CT molecular complexity index is 521. The number of nitrogens with one attached hydrogen (secondary N) is 1. The number of anilines is 1. The molecule has 0 spiro atoms. The predicted molar refractivity (Wildman–Crippen MR) is 69.5 cm³/mol. The third-order valence-electron chi connectivity index (χ3n) is 2.19. The monoisotopic (exact) mass is 261 g/mol. The number of nitrogens with two attached hydrogens (primary N) is 1. The minimum atomic E-state index is 0.301. The van der Waals surface area contributed by atoms with Gasteiger partial charge in [-0.2, -0.15) is 4.98 Å². The largest absolute Gasteiger partial charge is 0.437 e. The summed E-state index contributed by atoms with van der Waals surface area (Å²) >= 11 is 0. The molecule has 0 radical (unpaired) electrons. The van der Waals surface area contributed by atoms with Crippen LogP contribution in [0.15, 0.2) is 30.6 Å². The number of nitrogens with zero attached hydrogens (tertiary/aromatic N) is 3. The van der Waals surface area contributed by atoms with Gasteiger partial charge in [-0.05, 0) is 19.1 Å². The van der Waals surface area contributed by atoms with Crippen molar-refractivity contribution in [2.24, 2.45) is 5.84 Å². The fourth-order valence-corrected chi connectivity index (χ4v) is 1.39. The van der Waals surface area contributed by atoms with Crippen LogP contribution in [0.4, 0.5) is 5.82 Å². The quantitative estimate of drug-likeness (QED) is 0.600. The van der Waals surface area contributed by atoms with Crippen molar-refractivity contribution in [1.29, 1.82) is 0 Å². The van der Waals surface area contributed by atoms with E-state index in [1.807, 2.05) is 6.92 Å². The lowest BCUT2D eigenvalue weighted by Crippen LogP contribution is -2.11. The summed E-state index contributed by atoms with van der Waals surface area (Å²) in [5, 5.41) is 0. The Hall–Kier alpha value is -2.25. The molecule has 19 heavy (non-hydrogen) atoms. The van der Waals surface area contributed by atoms with E-state index in [-0.39, 0.29) is 0 Å². The molecule has 2 aromatic heterocycles. The lowest BCUT2D eigenvalue weighted by molar-refractivity contribution is 0.128. The zero-order valence-corrected chi connectivity index (χ0v) is 10.5. The van der Waals surface area contributed by atoms with E-state index in [9.17, 15) is 0 Å². The number of pyridine rings is 1. The maximum Gasteiger partial charge on any atom is 0.224 e. The van der Waals surface area contributed by atoms with Crippen LogP contribution in [0.2, 0.25) is 0 Å². The lowest BCUT2D eigenvalue weighted by atomic mass is 10.4. The molecule has 2 aromatic rings. The van der Waals surface area contributed by atoms with Gasteiger partial charge in [-0.15, -0.1) is 0 Å². The Morgan fingerprint density at radius 1 is 1.37 bits per heavy atom. The first-order valence-corrected chi connectivity index (χ1v) is 5.82. The van der Waals surface area contributed by atoms with Gasteiger partial charge in [0.15, 0.2) is 5.82 Å². The Balaban J connectivity index is 2.19. The molecule has 100 valence electrons. The summed E-state index contributed by atoms with van der Waals surface area (Å²) in [4.78, 5) is 12.4. The van der Waals surface area contributed by atoms with Crippen LogP contribution in [0.1, 0.15) is 12.7 Å². The standard InChI is InChI=1S/C12H15N5O2/c1-2-18-8-11-15-10(17-13)6-12(16-11)19-9-4-3-5-14-7-9/h3-7H,2,8,13H2,1H3,(H,15,16,17). The molecule has 0 amide bonds. The highest BCUT2D eigenvalue weighted by Gasteiger charge is 2.06. The average molecular weight is 261 g/mol. The topological polar surface area (TPSA) is 95.2 Å². The van der Waals surface area contributed by atoms with Crippen molar-refractivity contribution in [1.82, 2.24) is 15.0 Å². The van der Waals surface area contributed by atoms with E-state index in [0.717, 1.165) is 0 Å². The summed E-state index contributed by atoms with van der Waals surface area (Å²) in [7, 11) is 0. The zero-order valence-electron chi connectivity index (χ0n) is 10.5. The SMILES string of the molecule is CCOCc1nc(NN)cc(Oc2cccnc2)n1. The molecule has 0 bridgehead atoms. The molecule has 0 saturated heterocycles. The van der Waals surface area contributed by atoms with Crippen molar-refractivity contribution in [3.63, 3.8) is 0 Å². The van der Waals surface area contributed by atoms with Gasteiger partial charge < -0.3 is 14.9 Å². The van der Waals surface area contributed by atoms with Crippen LogP contribution in [-0.2, 0) is 11.3 Å². The van der Waals surface area contributed by atoms with Crippen molar-refractivity contribution in [2.75, 3.05) is 12.0 Å². The minimum absolute atomic E-state index is 0.301. The summed E-state index contributed by atoms with van der Waals surface area (Å²) in [5.41, 5.74) is 2.47. The van der Waals surface area contributed by atoms with Gasteiger partial charge in [-0.25, -0.2) is 10.8 Å². The summed E-state index contributed by atoms with van der Waals surface area (Å²) in [5.74, 6) is 7.29. The van der Waals surface area contributed by atoms with Gasteiger partial charge in [0.25, 0.3) is 0 Å². The van der Waals surface area contributed by atoms with E-state index in [1.54, 1.807) is 30.6 Å². The van der Waals surface area contributed by atoms with Crippen LogP contribution < -0.4 is 16.0 Å². The summed E-state index contributed by atoms with van der Waals surface area (Å²) in [6, 6.07) is 5.16. The van der Waals surface area contributed by atoms with Gasteiger partial charge in [-0.3, -0.25) is 4.98 Å². The molecule has 2 rings (SSSR count). The van der Waals surface area contributed by atoms with Gasteiger partial charge in [0.2, 0.25) is 5.88 Å². The normalized spacial score (nSPS) is 10.2. The highest BCUT2D eigenvalue weighted by atomic mass is 16.5. The number of hydrogen-bond acceptors (Lipinski definition) is 7.